The highest BCUT2D eigenvalue weighted by atomic mass is 16.2. The van der Waals surface area contributed by atoms with Crippen molar-refractivity contribution in [3.05, 3.63) is 24.0 Å². The minimum absolute atomic E-state index is 0.00838. The third-order valence-electron chi connectivity index (χ3n) is 3.63. The number of nitrogens with two attached hydrogens (primary N) is 1. The molecule has 1 fully saturated rings. The summed E-state index contributed by atoms with van der Waals surface area (Å²) in [6.07, 6.45) is 3.68. The van der Waals surface area contributed by atoms with Crippen molar-refractivity contribution in [3.63, 3.8) is 0 Å². The van der Waals surface area contributed by atoms with Crippen LogP contribution in [0.1, 0.15) is 31.5 Å². The molecule has 0 aliphatic carbocycles. The van der Waals surface area contributed by atoms with E-state index in [4.69, 9.17) is 5.73 Å². The van der Waals surface area contributed by atoms with Crippen LogP contribution < -0.4 is 10.6 Å². The molecule has 2 N–H and O–H groups in total. The molecule has 0 aromatic carbocycles. The summed E-state index contributed by atoms with van der Waals surface area (Å²) in [5, 5.41) is 0. The predicted molar refractivity (Wildman–Crippen MR) is 75.9 cm³/mol. The van der Waals surface area contributed by atoms with Crippen molar-refractivity contribution in [2.75, 3.05) is 31.6 Å². The van der Waals surface area contributed by atoms with Crippen molar-refractivity contribution in [2.45, 2.75) is 25.8 Å². The number of hydrogen-bond donors (Lipinski definition) is 1. The van der Waals surface area contributed by atoms with E-state index in [0.29, 0.717) is 6.54 Å². The first kappa shape index (κ1) is 13.8. The van der Waals surface area contributed by atoms with E-state index >= 15 is 0 Å². The third-order valence-corrected chi connectivity index (χ3v) is 3.63. The lowest BCUT2D eigenvalue weighted by atomic mass is 10.1. The first-order chi connectivity index (χ1) is 9.11. The Balaban J connectivity index is 2.11. The summed E-state index contributed by atoms with van der Waals surface area (Å²) >= 11 is 0. The number of carbonyl (C=O) groups is 1. The highest BCUT2D eigenvalue weighted by molar-refractivity contribution is 5.81. The number of amides is 1. The fourth-order valence-corrected chi connectivity index (χ4v) is 2.22. The molecule has 104 valence electrons. The van der Waals surface area contributed by atoms with Crippen LogP contribution in [0.5, 0.6) is 0 Å². The molecule has 0 radical (unpaired) electrons. The largest absolute Gasteiger partial charge is 0.361 e. The molecule has 1 aromatic rings. The molecule has 1 aliphatic heterocycles. The van der Waals surface area contributed by atoms with E-state index in [1.807, 2.05) is 32.3 Å². The molecule has 2 rings (SSSR count). The van der Waals surface area contributed by atoms with Gasteiger partial charge in [0, 0.05) is 26.2 Å². The van der Waals surface area contributed by atoms with Gasteiger partial charge in [0.2, 0.25) is 5.91 Å². The van der Waals surface area contributed by atoms with Gasteiger partial charge in [-0.05, 0) is 25.0 Å². The number of anilines is 1. The van der Waals surface area contributed by atoms with Crippen LogP contribution in [0, 0.1) is 0 Å². The zero-order chi connectivity index (χ0) is 13.8. The maximum Gasteiger partial charge on any atom is 0.241 e. The van der Waals surface area contributed by atoms with Gasteiger partial charge in [0.05, 0.1) is 24.1 Å². The van der Waals surface area contributed by atoms with E-state index in [9.17, 15) is 4.79 Å². The van der Waals surface area contributed by atoms with Crippen LogP contribution >= 0.6 is 0 Å². The summed E-state index contributed by atoms with van der Waals surface area (Å²) < 4.78 is 0. The lowest BCUT2D eigenvalue weighted by Crippen LogP contribution is -2.34. The average molecular weight is 262 g/mol. The number of rotatable bonds is 3. The van der Waals surface area contributed by atoms with Gasteiger partial charge in [0.25, 0.3) is 0 Å². The Morgan fingerprint density at radius 2 is 2.21 bits per heavy atom. The second kappa shape index (κ2) is 6.02. The summed E-state index contributed by atoms with van der Waals surface area (Å²) in [7, 11) is 1.85. The molecule has 5 heteroatoms. The minimum atomic E-state index is -0.00838. The van der Waals surface area contributed by atoms with E-state index in [-0.39, 0.29) is 11.9 Å². The smallest absolute Gasteiger partial charge is 0.241 e. The summed E-state index contributed by atoms with van der Waals surface area (Å²) in [5.74, 6) is 0.159. The number of pyridine rings is 1. The van der Waals surface area contributed by atoms with Crippen molar-refractivity contribution in [2.24, 2.45) is 5.73 Å². The van der Waals surface area contributed by atoms with E-state index in [1.165, 1.54) is 0 Å². The van der Waals surface area contributed by atoms with Gasteiger partial charge in [-0.2, -0.15) is 0 Å². The van der Waals surface area contributed by atoms with Crippen molar-refractivity contribution >= 4 is 11.6 Å². The van der Waals surface area contributed by atoms with E-state index in [1.54, 1.807) is 4.90 Å². The Hall–Kier alpha value is -1.62. The van der Waals surface area contributed by atoms with Crippen LogP contribution in [0.2, 0.25) is 0 Å². The Labute approximate surface area is 114 Å². The van der Waals surface area contributed by atoms with Gasteiger partial charge in [0.1, 0.15) is 0 Å². The molecule has 19 heavy (non-hydrogen) atoms. The molecule has 5 nitrogen and oxygen atoms in total. The second-order valence-corrected chi connectivity index (χ2v) is 5.05. The minimum Gasteiger partial charge on any atom is -0.361 e. The molecular formula is C14H22N4O. The number of carbonyl (C=O) groups excluding carboxylic acids is 1. The van der Waals surface area contributed by atoms with Gasteiger partial charge in [-0.15, -0.1) is 0 Å². The monoisotopic (exact) mass is 262 g/mol. The summed E-state index contributed by atoms with van der Waals surface area (Å²) in [6, 6.07) is 3.96. The molecule has 1 saturated heterocycles. The predicted octanol–water partition coefficient (Wildman–Crippen LogP) is 1.16. The second-order valence-electron chi connectivity index (χ2n) is 5.05. The summed E-state index contributed by atoms with van der Waals surface area (Å²) in [6.45, 7) is 4.18. The van der Waals surface area contributed by atoms with Crippen LogP contribution in [-0.4, -0.2) is 42.5 Å². The Morgan fingerprint density at radius 1 is 1.42 bits per heavy atom. The van der Waals surface area contributed by atoms with Crippen molar-refractivity contribution < 1.29 is 4.79 Å². The first-order valence-electron chi connectivity index (χ1n) is 6.82. The molecule has 1 aliphatic rings. The van der Waals surface area contributed by atoms with Gasteiger partial charge >= 0.3 is 0 Å². The Bertz CT molecular complexity index is 432. The molecule has 0 spiro atoms. The fourth-order valence-electron chi connectivity index (χ4n) is 2.22. The topological polar surface area (TPSA) is 62.5 Å². The number of aromatic nitrogens is 1. The van der Waals surface area contributed by atoms with Crippen LogP contribution in [-0.2, 0) is 4.79 Å². The lowest BCUT2D eigenvalue weighted by molar-refractivity contribution is -0.127. The SMILES string of the molecule is CC[C@@H](N)c1ccc(N2CCCN(C)C(=O)C2)cn1. The quantitative estimate of drug-likeness (QED) is 0.888. The molecule has 2 heterocycles. The molecule has 0 saturated carbocycles. The van der Waals surface area contributed by atoms with Gasteiger partial charge in [-0.3, -0.25) is 9.78 Å². The lowest BCUT2D eigenvalue weighted by Gasteiger charge is -2.22. The summed E-state index contributed by atoms with van der Waals surface area (Å²) in [4.78, 5) is 20.1. The van der Waals surface area contributed by atoms with Crippen molar-refractivity contribution in [1.29, 1.82) is 0 Å². The zero-order valence-corrected chi connectivity index (χ0v) is 11.7. The van der Waals surface area contributed by atoms with Gasteiger partial charge in [-0.1, -0.05) is 6.92 Å². The fraction of sp³-hybridized carbons (Fsp3) is 0.571. The zero-order valence-electron chi connectivity index (χ0n) is 11.7. The Morgan fingerprint density at radius 3 is 2.84 bits per heavy atom. The van der Waals surface area contributed by atoms with Gasteiger partial charge in [0.15, 0.2) is 0 Å². The highest BCUT2D eigenvalue weighted by Gasteiger charge is 2.19. The van der Waals surface area contributed by atoms with E-state index in [2.05, 4.69) is 9.88 Å². The first-order valence-corrected chi connectivity index (χ1v) is 6.82. The van der Waals surface area contributed by atoms with E-state index < -0.39 is 0 Å². The standard InChI is InChI=1S/C14H22N4O/c1-3-12(15)13-6-5-11(9-16-13)18-8-4-7-17(2)14(19)10-18/h5-6,9,12H,3-4,7-8,10,15H2,1-2H3/t12-/m1/s1. The van der Waals surface area contributed by atoms with Crippen molar-refractivity contribution in [3.8, 4) is 0 Å². The number of likely N-dealkylation sites (N-methyl/N-ethyl adjacent to an activating group) is 1. The average Bonchev–Trinajstić information content (AvgIpc) is 2.60. The van der Waals surface area contributed by atoms with Crippen molar-refractivity contribution in [1.82, 2.24) is 9.88 Å². The van der Waals surface area contributed by atoms with Gasteiger partial charge < -0.3 is 15.5 Å². The molecular weight excluding hydrogens is 240 g/mol. The number of hydrogen-bond acceptors (Lipinski definition) is 4. The van der Waals surface area contributed by atoms with Crippen LogP contribution in [0.3, 0.4) is 0 Å². The number of nitrogens with zero attached hydrogens (tertiary/aromatic N) is 3. The molecule has 1 amide bonds. The summed E-state index contributed by atoms with van der Waals surface area (Å²) in [5.41, 5.74) is 7.85. The van der Waals surface area contributed by atoms with E-state index in [0.717, 1.165) is 37.3 Å². The van der Waals surface area contributed by atoms with Crippen LogP contribution in [0.15, 0.2) is 18.3 Å². The highest BCUT2D eigenvalue weighted by Crippen LogP contribution is 2.18. The third kappa shape index (κ3) is 3.23. The molecule has 0 bridgehead atoms. The molecule has 0 unspecified atom stereocenters. The van der Waals surface area contributed by atoms with Gasteiger partial charge in [-0.25, -0.2) is 0 Å². The van der Waals surface area contributed by atoms with Crippen LogP contribution in [0.4, 0.5) is 5.69 Å². The molecule has 1 atom stereocenters. The molecule has 1 aromatic heterocycles. The van der Waals surface area contributed by atoms with Crippen LogP contribution in [0.25, 0.3) is 0 Å². The maximum atomic E-state index is 11.9. The Kier molecular flexibility index (Phi) is 4.37. The normalized spacial score (nSPS) is 18.4. The maximum absolute atomic E-state index is 11.9.